The van der Waals surface area contributed by atoms with E-state index in [9.17, 15) is 0 Å². The fraction of sp³-hybridized carbons (Fsp3) is 0.244. The van der Waals surface area contributed by atoms with E-state index < -0.39 is 0 Å². The number of hydrogen-bond acceptors (Lipinski definition) is 4. The third-order valence-electron chi connectivity index (χ3n) is 10.5. The zero-order valence-corrected chi connectivity index (χ0v) is 30.7. The van der Waals surface area contributed by atoms with Crippen molar-refractivity contribution < 1.29 is 0 Å². The van der Waals surface area contributed by atoms with E-state index in [1.165, 1.54) is 77.2 Å². The third-order valence-corrected chi connectivity index (χ3v) is 13.4. The Bertz CT molecular complexity index is 2390. The molecule has 0 amide bonds. The van der Waals surface area contributed by atoms with Crippen molar-refractivity contribution in [3.8, 4) is 33.4 Å². The van der Waals surface area contributed by atoms with E-state index in [0.717, 1.165) is 21.6 Å². The molecule has 6 aromatic carbocycles. The van der Waals surface area contributed by atoms with Gasteiger partial charge in [0.2, 0.25) is 0 Å². The first-order valence-electron chi connectivity index (χ1n) is 17.3. The Morgan fingerprint density at radius 2 is 0.939 bits per heavy atom. The number of nitrogens with zero attached hydrogens (tertiary/aromatic N) is 2. The van der Waals surface area contributed by atoms with Gasteiger partial charge in [0.05, 0.1) is 21.2 Å². The molecule has 0 atom stereocenters. The van der Waals surface area contributed by atoms with Crippen LogP contribution in [-0.4, -0.2) is 32.7 Å². The second kappa shape index (κ2) is 10.9. The fourth-order valence-corrected chi connectivity index (χ4v) is 10.4. The van der Waals surface area contributed by atoms with Gasteiger partial charge < -0.3 is 0 Å². The molecule has 2 aliphatic heterocycles. The second-order valence-electron chi connectivity index (χ2n) is 15.6. The molecule has 2 nitrogen and oxygen atoms in total. The van der Waals surface area contributed by atoms with Gasteiger partial charge >= 0.3 is 0 Å². The van der Waals surface area contributed by atoms with Gasteiger partial charge in [-0.3, -0.25) is 9.98 Å². The summed E-state index contributed by atoms with van der Waals surface area (Å²) < 4.78 is 0. The smallest absolute Gasteiger partial charge is 0.0984 e. The molecule has 0 saturated carbocycles. The van der Waals surface area contributed by atoms with E-state index in [4.69, 9.17) is 9.98 Å². The second-order valence-corrected chi connectivity index (χ2v) is 17.5. The van der Waals surface area contributed by atoms with Gasteiger partial charge in [-0.15, -0.1) is 23.5 Å². The minimum absolute atomic E-state index is 0.0104. The van der Waals surface area contributed by atoms with Gasteiger partial charge in [0, 0.05) is 28.0 Å². The quantitative estimate of drug-likeness (QED) is 0.174. The lowest BCUT2D eigenvalue weighted by molar-refractivity contribution is 0.605. The number of thioether (sulfide) groups is 2. The van der Waals surface area contributed by atoms with Crippen molar-refractivity contribution in [3.63, 3.8) is 0 Å². The van der Waals surface area contributed by atoms with Crippen LogP contribution in [0.3, 0.4) is 0 Å². The number of fused-ring (bicyclic) bond motifs is 6. The molecule has 2 heterocycles. The van der Waals surface area contributed by atoms with Crippen LogP contribution >= 0.6 is 23.5 Å². The molecule has 3 aliphatic rings. The molecule has 0 fully saturated rings. The first kappa shape index (κ1) is 30.9. The molecule has 0 radical (unpaired) electrons. The van der Waals surface area contributed by atoms with Crippen molar-refractivity contribution in [2.24, 2.45) is 9.98 Å². The molecular formula is C45H40N2S2. The molecule has 6 aromatic rings. The van der Waals surface area contributed by atoms with Crippen LogP contribution in [0.5, 0.6) is 0 Å². The highest BCUT2D eigenvalue weighted by Gasteiger charge is 2.37. The highest BCUT2D eigenvalue weighted by Crippen LogP contribution is 2.55. The summed E-state index contributed by atoms with van der Waals surface area (Å²) in [4.78, 5) is 10.1. The Hall–Kier alpha value is -4.12. The Balaban J connectivity index is 1.33. The summed E-state index contributed by atoms with van der Waals surface area (Å²) >= 11 is 3.73. The Labute approximate surface area is 298 Å². The van der Waals surface area contributed by atoms with Crippen molar-refractivity contribution in [1.29, 1.82) is 0 Å². The molecule has 0 bridgehead atoms. The van der Waals surface area contributed by atoms with E-state index in [1.54, 1.807) is 0 Å². The number of hydrogen-bond donors (Lipinski definition) is 0. The molecule has 4 heteroatoms. The predicted molar refractivity (Wildman–Crippen MR) is 216 cm³/mol. The number of rotatable bonds is 4. The predicted octanol–water partition coefficient (Wildman–Crippen LogP) is 12.2. The van der Waals surface area contributed by atoms with Gasteiger partial charge in [-0.1, -0.05) is 123 Å². The fourth-order valence-electron chi connectivity index (χ4n) is 8.10. The maximum atomic E-state index is 5.04. The molecule has 49 heavy (non-hydrogen) atoms. The van der Waals surface area contributed by atoms with Crippen molar-refractivity contribution >= 4 is 55.2 Å². The maximum absolute atomic E-state index is 5.04. The monoisotopic (exact) mass is 672 g/mol. The van der Waals surface area contributed by atoms with Crippen LogP contribution in [0.25, 0.3) is 54.9 Å². The van der Waals surface area contributed by atoms with E-state index in [0.29, 0.717) is 0 Å². The lowest BCUT2D eigenvalue weighted by Crippen LogP contribution is -2.15. The SMILES string of the molecule is CC1(C)CSC(c2ccc(-c3c4ccccc4c(-c4ccc(C5=NC(C)(C)CS5)cc4)c4c5c(ccc34)C(C)(C)c3ccccc3-5)cc2)=N1. The van der Waals surface area contributed by atoms with Crippen molar-refractivity contribution in [2.75, 3.05) is 11.5 Å². The summed E-state index contributed by atoms with van der Waals surface area (Å²) in [7, 11) is 0. The van der Waals surface area contributed by atoms with E-state index in [1.807, 2.05) is 23.5 Å². The summed E-state index contributed by atoms with van der Waals surface area (Å²) in [5.74, 6) is 2.05. The maximum Gasteiger partial charge on any atom is 0.0984 e. The van der Waals surface area contributed by atoms with Gasteiger partial charge in [0.25, 0.3) is 0 Å². The minimum atomic E-state index is -0.0905. The summed E-state index contributed by atoms with van der Waals surface area (Å²) in [6.45, 7) is 13.6. The first-order valence-corrected chi connectivity index (χ1v) is 19.3. The van der Waals surface area contributed by atoms with Crippen LogP contribution in [0.15, 0.2) is 119 Å². The molecule has 242 valence electrons. The molecular weight excluding hydrogens is 633 g/mol. The molecule has 9 rings (SSSR count). The Morgan fingerprint density at radius 1 is 0.449 bits per heavy atom. The van der Waals surface area contributed by atoms with Crippen LogP contribution in [0.2, 0.25) is 0 Å². The highest BCUT2D eigenvalue weighted by atomic mass is 32.2. The zero-order chi connectivity index (χ0) is 33.7. The highest BCUT2D eigenvalue weighted by molar-refractivity contribution is 8.15. The first-order chi connectivity index (χ1) is 23.5. The number of benzene rings is 6. The van der Waals surface area contributed by atoms with Gasteiger partial charge in [-0.25, -0.2) is 0 Å². The average Bonchev–Trinajstić information content (AvgIpc) is 3.73. The van der Waals surface area contributed by atoms with Gasteiger partial charge in [-0.05, 0) is 93.7 Å². The van der Waals surface area contributed by atoms with E-state index >= 15 is 0 Å². The Morgan fingerprint density at radius 3 is 1.49 bits per heavy atom. The summed E-state index contributed by atoms with van der Waals surface area (Å²) in [5, 5.41) is 7.48. The third kappa shape index (κ3) is 4.94. The molecule has 0 aromatic heterocycles. The van der Waals surface area contributed by atoms with Crippen molar-refractivity contribution in [1.82, 2.24) is 0 Å². The van der Waals surface area contributed by atoms with Crippen LogP contribution < -0.4 is 0 Å². The molecule has 0 N–H and O–H groups in total. The van der Waals surface area contributed by atoms with Gasteiger partial charge in [0.15, 0.2) is 0 Å². The van der Waals surface area contributed by atoms with E-state index in [-0.39, 0.29) is 16.5 Å². The van der Waals surface area contributed by atoms with Gasteiger partial charge in [0.1, 0.15) is 0 Å². The van der Waals surface area contributed by atoms with Crippen molar-refractivity contribution in [2.45, 2.75) is 58.0 Å². The Kier molecular flexibility index (Phi) is 6.90. The zero-order valence-electron chi connectivity index (χ0n) is 29.0. The molecule has 0 saturated heterocycles. The lowest BCUT2D eigenvalue weighted by Gasteiger charge is -2.23. The molecule has 0 spiro atoms. The topological polar surface area (TPSA) is 24.7 Å². The average molecular weight is 673 g/mol. The summed E-state index contributed by atoms with van der Waals surface area (Å²) in [6.07, 6.45) is 0. The molecule has 0 unspecified atom stereocenters. The van der Waals surface area contributed by atoms with Crippen LogP contribution in [0, 0.1) is 0 Å². The minimum Gasteiger partial charge on any atom is -0.271 e. The van der Waals surface area contributed by atoms with Gasteiger partial charge in [-0.2, -0.15) is 0 Å². The largest absolute Gasteiger partial charge is 0.271 e. The number of aliphatic imine (C=N–C) groups is 2. The van der Waals surface area contributed by atoms with Crippen molar-refractivity contribution in [3.05, 3.63) is 131 Å². The van der Waals surface area contributed by atoms with E-state index in [2.05, 4.69) is 151 Å². The molecule has 1 aliphatic carbocycles. The van der Waals surface area contributed by atoms with Crippen LogP contribution in [-0.2, 0) is 5.41 Å². The standard InChI is InChI=1S/C45H40N2S2/c1-43(2)25-48-41(46-43)29-19-15-27(16-20-29)37-31-11-7-8-12-32(31)38(28-17-21-30(22-18-28)42-47-44(3,4)26-49-42)40-34(37)23-24-36-39(40)33-13-9-10-14-35(33)45(36,5)6/h7-24H,25-26H2,1-6H3. The van der Waals surface area contributed by atoms with Crippen LogP contribution in [0.4, 0.5) is 0 Å². The van der Waals surface area contributed by atoms with Crippen LogP contribution in [0.1, 0.15) is 63.8 Å². The summed E-state index contributed by atoms with van der Waals surface area (Å²) in [5.41, 5.74) is 12.9. The lowest BCUT2D eigenvalue weighted by atomic mass is 9.79. The normalized spacial score (nSPS) is 18.4. The summed E-state index contributed by atoms with van der Waals surface area (Å²) in [6, 6.07) is 41.2.